The molecular weight excluding hydrogens is 295 g/mol. The molecule has 16 heavy (non-hydrogen) atoms. The highest BCUT2D eigenvalue weighted by Crippen LogP contribution is 2.36. The van der Waals surface area contributed by atoms with Crippen LogP contribution in [0.25, 0.3) is 0 Å². The molecule has 0 aliphatic rings. The van der Waals surface area contributed by atoms with E-state index in [9.17, 15) is 23.3 Å². The molecule has 1 aromatic carbocycles. The van der Waals surface area contributed by atoms with Crippen LogP contribution in [0.3, 0.4) is 0 Å². The van der Waals surface area contributed by atoms with E-state index in [0.29, 0.717) is 0 Å². The number of ether oxygens (including phenoxy) is 1. The summed E-state index contributed by atoms with van der Waals surface area (Å²) < 4.78 is 39.6. The van der Waals surface area contributed by atoms with Crippen LogP contribution in [0.2, 0.25) is 0 Å². The van der Waals surface area contributed by atoms with Crippen molar-refractivity contribution in [1.82, 2.24) is 0 Å². The maximum absolute atomic E-state index is 12.0. The van der Waals surface area contributed by atoms with E-state index < -0.39 is 17.0 Å². The summed E-state index contributed by atoms with van der Waals surface area (Å²) in [7, 11) is 0. The number of halogens is 4. The van der Waals surface area contributed by atoms with E-state index in [1.165, 1.54) is 6.92 Å². The minimum absolute atomic E-state index is 0.0263. The van der Waals surface area contributed by atoms with Crippen LogP contribution in [-0.4, -0.2) is 11.3 Å². The summed E-state index contributed by atoms with van der Waals surface area (Å²) in [5, 5.41) is 10.4. The lowest BCUT2D eigenvalue weighted by Crippen LogP contribution is -2.18. The molecule has 88 valence electrons. The fourth-order valence-corrected chi connectivity index (χ4v) is 1.69. The van der Waals surface area contributed by atoms with E-state index in [0.717, 1.165) is 12.1 Å². The molecule has 0 saturated heterocycles. The third-order valence-corrected chi connectivity index (χ3v) is 2.23. The van der Waals surface area contributed by atoms with Gasteiger partial charge >= 0.3 is 6.36 Å². The van der Waals surface area contributed by atoms with Crippen molar-refractivity contribution < 1.29 is 22.8 Å². The average molecular weight is 300 g/mol. The zero-order valence-corrected chi connectivity index (χ0v) is 9.42. The number of nitro benzene ring substituents is 1. The second-order valence-corrected chi connectivity index (χ2v) is 3.73. The minimum Gasteiger partial charge on any atom is -0.404 e. The highest BCUT2D eigenvalue weighted by molar-refractivity contribution is 9.10. The van der Waals surface area contributed by atoms with Gasteiger partial charge in [0, 0.05) is 12.1 Å². The van der Waals surface area contributed by atoms with E-state index in [-0.39, 0.29) is 15.7 Å². The Labute approximate surface area is 96.3 Å². The standard InChI is InChI=1S/C8H5BrF3NO3/c1-4-2-5(13(14)15)3-6(9)7(4)16-8(10,11)12/h2-3H,1H3. The summed E-state index contributed by atoms with van der Waals surface area (Å²) in [4.78, 5) is 9.72. The molecule has 0 aliphatic carbocycles. The smallest absolute Gasteiger partial charge is 0.404 e. The summed E-state index contributed by atoms with van der Waals surface area (Å²) in [5.74, 6) is -0.474. The number of nitrogens with zero attached hydrogens (tertiary/aromatic N) is 1. The third-order valence-electron chi connectivity index (χ3n) is 1.64. The van der Waals surface area contributed by atoms with Gasteiger partial charge in [0.05, 0.1) is 9.40 Å². The molecule has 0 amide bonds. The Morgan fingerprint density at radius 3 is 2.38 bits per heavy atom. The largest absolute Gasteiger partial charge is 0.573 e. The predicted molar refractivity (Wildman–Crippen MR) is 52.2 cm³/mol. The van der Waals surface area contributed by atoms with E-state index in [2.05, 4.69) is 20.7 Å². The predicted octanol–water partition coefficient (Wildman–Crippen LogP) is 3.56. The van der Waals surface area contributed by atoms with Crippen LogP contribution in [0.1, 0.15) is 5.56 Å². The number of alkyl halides is 3. The fourth-order valence-electron chi connectivity index (χ4n) is 1.06. The lowest BCUT2D eigenvalue weighted by atomic mass is 10.2. The molecule has 0 atom stereocenters. The molecule has 0 heterocycles. The van der Waals surface area contributed by atoms with Crippen LogP contribution >= 0.6 is 15.9 Å². The van der Waals surface area contributed by atoms with E-state index >= 15 is 0 Å². The molecule has 0 spiro atoms. The lowest BCUT2D eigenvalue weighted by Gasteiger charge is -2.12. The van der Waals surface area contributed by atoms with Crippen LogP contribution < -0.4 is 4.74 Å². The van der Waals surface area contributed by atoms with Gasteiger partial charge in [-0.25, -0.2) is 0 Å². The van der Waals surface area contributed by atoms with Gasteiger partial charge in [-0.05, 0) is 28.4 Å². The zero-order valence-electron chi connectivity index (χ0n) is 7.84. The first-order chi connectivity index (χ1) is 7.20. The molecule has 0 aliphatic heterocycles. The van der Waals surface area contributed by atoms with Gasteiger partial charge in [0.25, 0.3) is 5.69 Å². The van der Waals surface area contributed by atoms with Gasteiger partial charge in [-0.3, -0.25) is 10.1 Å². The maximum Gasteiger partial charge on any atom is 0.573 e. The Bertz CT molecular complexity index is 410. The zero-order chi connectivity index (χ0) is 12.5. The monoisotopic (exact) mass is 299 g/mol. The van der Waals surface area contributed by atoms with Gasteiger partial charge in [0.1, 0.15) is 5.75 Å². The van der Waals surface area contributed by atoms with Gasteiger partial charge in [-0.2, -0.15) is 0 Å². The van der Waals surface area contributed by atoms with Gasteiger partial charge in [0.15, 0.2) is 0 Å². The highest BCUT2D eigenvalue weighted by Gasteiger charge is 2.33. The van der Waals surface area contributed by atoms with Crippen molar-refractivity contribution in [1.29, 1.82) is 0 Å². The first kappa shape index (κ1) is 12.8. The van der Waals surface area contributed by atoms with Crippen LogP contribution in [-0.2, 0) is 0 Å². The third kappa shape index (κ3) is 3.09. The topological polar surface area (TPSA) is 52.4 Å². The number of rotatable bonds is 2. The summed E-state index contributed by atoms with van der Waals surface area (Å²) in [6.45, 7) is 1.29. The quantitative estimate of drug-likeness (QED) is 0.620. The minimum atomic E-state index is -4.83. The molecule has 0 bridgehead atoms. The fraction of sp³-hybridized carbons (Fsp3) is 0.250. The number of hydrogen-bond acceptors (Lipinski definition) is 3. The first-order valence-corrected chi connectivity index (χ1v) is 4.70. The number of hydrogen-bond donors (Lipinski definition) is 0. The van der Waals surface area contributed by atoms with Crippen molar-refractivity contribution in [2.24, 2.45) is 0 Å². The molecule has 8 heteroatoms. The van der Waals surface area contributed by atoms with E-state index in [1.54, 1.807) is 0 Å². The summed E-state index contributed by atoms with van der Waals surface area (Å²) in [5.41, 5.74) is -0.280. The van der Waals surface area contributed by atoms with Crippen molar-refractivity contribution in [2.75, 3.05) is 0 Å². The summed E-state index contributed by atoms with van der Waals surface area (Å²) in [6.07, 6.45) is -4.83. The Kier molecular flexibility index (Phi) is 3.41. The normalized spacial score (nSPS) is 11.3. The Morgan fingerprint density at radius 1 is 1.44 bits per heavy atom. The summed E-state index contributed by atoms with van der Waals surface area (Å²) >= 11 is 2.79. The number of aryl methyl sites for hydroxylation is 1. The van der Waals surface area contributed by atoms with Crippen LogP contribution in [0.15, 0.2) is 16.6 Å². The molecule has 1 rings (SSSR count). The van der Waals surface area contributed by atoms with Crippen LogP contribution in [0, 0.1) is 17.0 Å². The molecule has 0 radical (unpaired) electrons. The summed E-state index contributed by atoms with van der Waals surface area (Å²) in [6, 6.07) is 1.96. The van der Waals surface area contributed by atoms with Gasteiger partial charge in [-0.1, -0.05) is 0 Å². The molecule has 0 saturated carbocycles. The maximum atomic E-state index is 12.0. The molecular formula is C8H5BrF3NO3. The van der Waals surface area contributed by atoms with Gasteiger partial charge < -0.3 is 4.74 Å². The van der Waals surface area contributed by atoms with Gasteiger partial charge in [-0.15, -0.1) is 13.2 Å². The van der Waals surface area contributed by atoms with Crippen molar-refractivity contribution in [2.45, 2.75) is 13.3 Å². The number of non-ortho nitro benzene ring substituents is 1. The highest BCUT2D eigenvalue weighted by atomic mass is 79.9. The molecule has 1 aromatic rings. The van der Waals surface area contributed by atoms with Crippen LogP contribution in [0.5, 0.6) is 5.75 Å². The molecule has 0 N–H and O–H groups in total. The molecule has 0 fully saturated rings. The second-order valence-electron chi connectivity index (χ2n) is 2.88. The second kappa shape index (κ2) is 4.28. The van der Waals surface area contributed by atoms with Crippen molar-refractivity contribution >= 4 is 21.6 Å². The average Bonchev–Trinajstić information content (AvgIpc) is 2.09. The molecule has 4 nitrogen and oxygen atoms in total. The molecule has 0 unspecified atom stereocenters. The first-order valence-electron chi connectivity index (χ1n) is 3.91. The molecule has 0 aromatic heterocycles. The Morgan fingerprint density at radius 2 is 2.00 bits per heavy atom. The van der Waals surface area contributed by atoms with Crippen molar-refractivity contribution in [3.8, 4) is 5.75 Å². The van der Waals surface area contributed by atoms with E-state index in [4.69, 9.17) is 0 Å². The van der Waals surface area contributed by atoms with E-state index in [1.807, 2.05) is 0 Å². The Balaban J connectivity index is 3.18. The number of nitro groups is 1. The van der Waals surface area contributed by atoms with Crippen molar-refractivity contribution in [3.63, 3.8) is 0 Å². The van der Waals surface area contributed by atoms with Crippen molar-refractivity contribution in [3.05, 3.63) is 32.3 Å². The Hall–Kier alpha value is -1.31. The van der Waals surface area contributed by atoms with Crippen LogP contribution in [0.4, 0.5) is 18.9 Å². The van der Waals surface area contributed by atoms with Gasteiger partial charge in [0.2, 0.25) is 0 Å². The number of benzene rings is 1. The SMILES string of the molecule is Cc1cc([N+](=O)[O-])cc(Br)c1OC(F)(F)F. The lowest BCUT2D eigenvalue weighted by molar-refractivity contribution is -0.385.